The molecule has 3 rings (SSSR count). The van der Waals surface area contributed by atoms with Crippen LogP contribution >= 0.6 is 0 Å². The van der Waals surface area contributed by atoms with Crippen molar-refractivity contribution in [3.8, 4) is 0 Å². The number of hydrogen-bond acceptors (Lipinski definition) is 0. The van der Waals surface area contributed by atoms with Gasteiger partial charge in [-0.25, -0.2) is 0 Å². The molecule has 0 amide bonds. The predicted octanol–water partition coefficient (Wildman–Crippen LogP) is 4.52. The van der Waals surface area contributed by atoms with E-state index in [0.29, 0.717) is 11.8 Å². The summed E-state index contributed by atoms with van der Waals surface area (Å²) in [6, 6.07) is 19.9. The summed E-state index contributed by atoms with van der Waals surface area (Å²) in [6.45, 7) is 2.31. The Kier molecular flexibility index (Phi) is 2.72. The zero-order valence-corrected chi connectivity index (χ0v) is 10.3. The van der Waals surface area contributed by atoms with Gasteiger partial charge in [-0.15, -0.1) is 0 Å². The van der Waals surface area contributed by atoms with Crippen LogP contribution in [-0.4, -0.2) is 0 Å². The lowest BCUT2D eigenvalue weighted by Crippen LogP contribution is -2.04. The van der Waals surface area contributed by atoms with Crippen molar-refractivity contribution in [1.82, 2.24) is 0 Å². The number of fused-ring (bicyclic) bond motifs is 1. The lowest BCUT2D eigenvalue weighted by molar-refractivity contribution is 0.566. The van der Waals surface area contributed by atoms with Gasteiger partial charge in [0.05, 0.1) is 0 Å². The molecule has 0 aliphatic heterocycles. The molecule has 0 fully saturated rings. The second kappa shape index (κ2) is 4.37. The van der Waals surface area contributed by atoms with Crippen LogP contribution in [0.2, 0.25) is 0 Å². The Balaban J connectivity index is 2.00. The highest BCUT2D eigenvalue weighted by atomic mass is 14.3. The topological polar surface area (TPSA) is 0 Å². The number of benzene rings is 2. The van der Waals surface area contributed by atoms with Crippen LogP contribution in [-0.2, 0) is 6.42 Å². The van der Waals surface area contributed by atoms with Crippen molar-refractivity contribution in [2.75, 3.05) is 0 Å². The normalized spacial score (nSPS) is 22.4. The average Bonchev–Trinajstić information content (AvgIpc) is 2.78. The molecule has 0 nitrogen and oxygen atoms in total. The SMILES string of the molecule is CCC1c2ccccc2CC1c1ccccc1. The largest absolute Gasteiger partial charge is 0.0648 e. The van der Waals surface area contributed by atoms with Gasteiger partial charge in [0.15, 0.2) is 0 Å². The molecule has 0 radical (unpaired) electrons. The summed E-state index contributed by atoms with van der Waals surface area (Å²) >= 11 is 0. The third-order valence-corrected chi connectivity index (χ3v) is 4.05. The van der Waals surface area contributed by atoms with E-state index in [-0.39, 0.29) is 0 Å². The zero-order valence-electron chi connectivity index (χ0n) is 10.3. The van der Waals surface area contributed by atoms with Gasteiger partial charge in [-0.05, 0) is 41.4 Å². The van der Waals surface area contributed by atoms with Gasteiger partial charge in [-0.3, -0.25) is 0 Å². The average molecular weight is 222 g/mol. The van der Waals surface area contributed by atoms with Crippen LogP contribution in [0.1, 0.15) is 41.9 Å². The molecular weight excluding hydrogens is 204 g/mol. The molecule has 0 heterocycles. The minimum absolute atomic E-state index is 0.679. The van der Waals surface area contributed by atoms with E-state index < -0.39 is 0 Å². The molecule has 0 saturated heterocycles. The monoisotopic (exact) mass is 222 g/mol. The quantitative estimate of drug-likeness (QED) is 0.700. The van der Waals surface area contributed by atoms with Crippen LogP contribution in [0.3, 0.4) is 0 Å². The zero-order chi connectivity index (χ0) is 11.7. The molecule has 0 spiro atoms. The molecule has 0 bridgehead atoms. The number of rotatable bonds is 2. The van der Waals surface area contributed by atoms with Crippen molar-refractivity contribution in [2.45, 2.75) is 31.6 Å². The first-order chi connectivity index (χ1) is 8.40. The molecule has 0 N–H and O–H groups in total. The van der Waals surface area contributed by atoms with E-state index in [0.717, 1.165) is 0 Å². The highest BCUT2D eigenvalue weighted by Crippen LogP contribution is 2.45. The maximum atomic E-state index is 2.31. The van der Waals surface area contributed by atoms with Gasteiger partial charge in [0.1, 0.15) is 0 Å². The van der Waals surface area contributed by atoms with Crippen LogP contribution in [0, 0.1) is 0 Å². The minimum Gasteiger partial charge on any atom is -0.0648 e. The van der Waals surface area contributed by atoms with Crippen LogP contribution in [0.5, 0.6) is 0 Å². The fraction of sp³-hybridized carbons (Fsp3) is 0.294. The lowest BCUT2D eigenvalue weighted by atomic mass is 9.85. The van der Waals surface area contributed by atoms with Crippen LogP contribution < -0.4 is 0 Å². The Bertz CT molecular complexity index is 498. The van der Waals surface area contributed by atoms with E-state index in [4.69, 9.17) is 0 Å². The third-order valence-electron chi connectivity index (χ3n) is 4.05. The van der Waals surface area contributed by atoms with E-state index in [2.05, 4.69) is 61.5 Å². The first-order valence-corrected chi connectivity index (χ1v) is 6.53. The molecule has 2 aromatic carbocycles. The molecule has 0 heteroatoms. The van der Waals surface area contributed by atoms with Crippen LogP contribution in [0.4, 0.5) is 0 Å². The molecule has 1 aliphatic carbocycles. The Morgan fingerprint density at radius 1 is 0.941 bits per heavy atom. The summed E-state index contributed by atoms with van der Waals surface area (Å²) in [4.78, 5) is 0. The Hall–Kier alpha value is -1.56. The summed E-state index contributed by atoms with van der Waals surface area (Å²) in [5.41, 5.74) is 4.62. The standard InChI is InChI=1S/C17H18/c1-2-15-16-11-7-6-10-14(16)12-17(15)13-8-4-3-5-9-13/h3-11,15,17H,2,12H2,1H3. The van der Waals surface area contributed by atoms with Crippen molar-refractivity contribution in [2.24, 2.45) is 0 Å². The molecule has 0 aromatic heterocycles. The van der Waals surface area contributed by atoms with Crippen LogP contribution in [0.25, 0.3) is 0 Å². The van der Waals surface area contributed by atoms with Crippen molar-refractivity contribution >= 4 is 0 Å². The van der Waals surface area contributed by atoms with E-state index in [1.807, 2.05) is 0 Å². The van der Waals surface area contributed by atoms with Gasteiger partial charge < -0.3 is 0 Å². The fourth-order valence-electron chi connectivity index (χ4n) is 3.23. The van der Waals surface area contributed by atoms with E-state index >= 15 is 0 Å². The first kappa shape index (κ1) is 10.6. The Morgan fingerprint density at radius 2 is 1.65 bits per heavy atom. The summed E-state index contributed by atoms with van der Waals surface area (Å²) in [6.07, 6.45) is 2.44. The highest BCUT2D eigenvalue weighted by Gasteiger charge is 2.31. The second-order valence-corrected chi connectivity index (χ2v) is 4.93. The predicted molar refractivity (Wildman–Crippen MR) is 72.4 cm³/mol. The third kappa shape index (κ3) is 1.78. The highest BCUT2D eigenvalue weighted by molar-refractivity contribution is 5.41. The molecule has 86 valence electrons. The van der Waals surface area contributed by atoms with E-state index in [9.17, 15) is 0 Å². The van der Waals surface area contributed by atoms with E-state index in [1.54, 1.807) is 11.1 Å². The first-order valence-electron chi connectivity index (χ1n) is 6.53. The van der Waals surface area contributed by atoms with Gasteiger partial charge in [0.25, 0.3) is 0 Å². The second-order valence-electron chi connectivity index (χ2n) is 4.93. The smallest absolute Gasteiger partial charge is 0.00525 e. The summed E-state index contributed by atoms with van der Waals surface area (Å²) in [5.74, 6) is 1.38. The minimum atomic E-state index is 0.679. The van der Waals surface area contributed by atoms with Gasteiger partial charge >= 0.3 is 0 Å². The Labute approximate surface area is 103 Å². The Morgan fingerprint density at radius 3 is 2.41 bits per heavy atom. The van der Waals surface area contributed by atoms with Crippen molar-refractivity contribution < 1.29 is 0 Å². The molecule has 2 unspecified atom stereocenters. The summed E-state index contributed by atoms with van der Waals surface area (Å²) < 4.78 is 0. The summed E-state index contributed by atoms with van der Waals surface area (Å²) in [5, 5.41) is 0. The maximum absolute atomic E-state index is 2.31. The molecule has 0 saturated carbocycles. The molecular formula is C17H18. The molecule has 1 aliphatic rings. The lowest BCUT2D eigenvalue weighted by Gasteiger charge is -2.19. The fourth-order valence-corrected chi connectivity index (χ4v) is 3.23. The van der Waals surface area contributed by atoms with Gasteiger partial charge in [0, 0.05) is 0 Å². The van der Waals surface area contributed by atoms with Gasteiger partial charge in [0.2, 0.25) is 0 Å². The van der Waals surface area contributed by atoms with Gasteiger partial charge in [-0.2, -0.15) is 0 Å². The number of hydrogen-bond donors (Lipinski definition) is 0. The molecule has 17 heavy (non-hydrogen) atoms. The van der Waals surface area contributed by atoms with E-state index in [1.165, 1.54) is 18.4 Å². The van der Waals surface area contributed by atoms with Crippen LogP contribution in [0.15, 0.2) is 54.6 Å². The molecule has 2 aromatic rings. The van der Waals surface area contributed by atoms with Gasteiger partial charge in [-0.1, -0.05) is 61.5 Å². The molecule has 2 atom stereocenters. The summed E-state index contributed by atoms with van der Waals surface area (Å²) in [7, 11) is 0. The maximum Gasteiger partial charge on any atom is -0.00525 e. The van der Waals surface area contributed by atoms with Crippen molar-refractivity contribution in [3.05, 3.63) is 71.3 Å². The van der Waals surface area contributed by atoms with Crippen molar-refractivity contribution in [3.63, 3.8) is 0 Å². The van der Waals surface area contributed by atoms with Crippen molar-refractivity contribution in [1.29, 1.82) is 0 Å².